The molecule has 1 N–H and O–H groups in total. The monoisotopic (exact) mass is 382 g/mol. The first kappa shape index (κ1) is 19.8. The van der Waals surface area contributed by atoms with E-state index < -0.39 is 0 Å². The SMILES string of the molecule is CCCNC(=O)[C@H](C)Sc1nnc(-c2ccc(Cl)cc2)n1CCOC. The van der Waals surface area contributed by atoms with Gasteiger partial charge >= 0.3 is 0 Å². The van der Waals surface area contributed by atoms with Crippen LogP contribution in [0.3, 0.4) is 0 Å². The molecule has 2 rings (SSSR count). The quantitative estimate of drug-likeness (QED) is 0.674. The standard InChI is InChI=1S/C17H23ClN4O2S/c1-4-9-19-16(23)12(2)25-17-21-20-15(22(17)10-11-24-3)13-5-7-14(18)8-6-13/h5-8,12H,4,9-11H2,1-3H3,(H,19,23)/t12-/m0/s1. The van der Waals surface area contributed by atoms with Crippen molar-refractivity contribution in [1.29, 1.82) is 0 Å². The summed E-state index contributed by atoms with van der Waals surface area (Å²) in [5.74, 6) is 0.735. The fraction of sp³-hybridized carbons (Fsp3) is 0.471. The molecule has 8 heteroatoms. The summed E-state index contributed by atoms with van der Waals surface area (Å²) in [5, 5.41) is 12.6. The summed E-state index contributed by atoms with van der Waals surface area (Å²) in [7, 11) is 1.65. The van der Waals surface area contributed by atoms with Crippen molar-refractivity contribution in [3.63, 3.8) is 0 Å². The molecule has 136 valence electrons. The van der Waals surface area contributed by atoms with Crippen LogP contribution in [0.5, 0.6) is 0 Å². The van der Waals surface area contributed by atoms with Crippen LogP contribution in [0.4, 0.5) is 0 Å². The number of benzene rings is 1. The largest absolute Gasteiger partial charge is 0.383 e. The summed E-state index contributed by atoms with van der Waals surface area (Å²) in [6.07, 6.45) is 0.911. The average Bonchev–Trinajstić information content (AvgIpc) is 3.00. The highest BCUT2D eigenvalue weighted by molar-refractivity contribution is 8.00. The van der Waals surface area contributed by atoms with E-state index in [1.54, 1.807) is 7.11 Å². The zero-order valence-electron chi connectivity index (χ0n) is 14.7. The van der Waals surface area contributed by atoms with Gasteiger partial charge in [-0.25, -0.2) is 0 Å². The first-order valence-electron chi connectivity index (χ1n) is 8.19. The molecule has 0 saturated carbocycles. The molecule has 1 aromatic carbocycles. The zero-order valence-corrected chi connectivity index (χ0v) is 16.2. The highest BCUT2D eigenvalue weighted by atomic mass is 35.5. The minimum Gasteiger partial charge on any atom is -0.383 e. The fourth-order valence-corrected chi connectivity index (χ4v) is 3.20. The molecule has 0 spiro atoms. The maximum absolute atomic E-state index is 12.1. The summed E-state index contributed by atoms with van der Waals surface area (Å²) in [6, 6.07) is 7.45. The van der Waals surface area contributed by atoms with Crippen LogP contribution in [-0.4, -0.2) is 46.2 Å². The fourth-order valence-electron chi connectivity index (χ4n) is 2.18. The summed E-state index contributed by atoms with van der Waals surface area (Å²) < 4.78 is 7.17. The second-order valence-electron chi connectivity index (χ2n) is 5.51. The van der Waals surface area contributed by atoms with Gasteiger partial charge in [-0.2, -0.15) is 0 Å². The van der Waals surface area contributed by atoms with Gasteiger partial charge in [0.25, 0.3) is 0 Å². The molecular weight excluding hydrogens is 360 g/mol. The molecule has 0 radical (unpaired) electrons. The van der Waals surface area contributed by atoms with Crippen LogP contribution in [0, 0.1) is 0 Å². The number of nitrogens with one attached hydrogen (secondary N) is 1. The number of amides is 1. The van der Waals surface area contributed by atoms with Crippen LogP contribution in [0.1, 0.15) is 20.3 Å². The van der Waals surface area contributed by atoms with E-state index in [-0.39, 0.29) is 11.2 Å². The smallest absolute Gasteiger partial charge is 0.233 e. The molecular formula is C17H23ClN4O2S. The van der Waals surface area contributed by atoms with Gasteiger partial charge in [-0.1, -0.05) is 30.3 Å². The zero-order chi connectivity index (χ0) is 18.2. The van der Waals surface area contributed by atoms with E-state index in [9.17, 15) is 4.79 Å². The number of methoxy groups -OCH3 is 1. The summed E-state index contributed by atoms with van der Waals surface area (Å²) >= 11 is 7.36. The first-order valence-corrected chi connectivity index (χ1v) is 9.45. The Balaban J connectivity index is 2.22. The van der Waals surface area contributed by atoms with Crippen LogP contribution in [0.15, 0.2) is 29.4 Å². The number of carbonyl (C=O) groups excluding carboxylic acids is 1. The molecule has 1 amide bonds. The van der Waals surface area contributed by atoms with E-state index >= 15 is 0 Å². The molecule has 0 aliphatic heterocycles. The lowest BCUT2D eigenvalue weighted by atomic mass is 10.2. The minimum atomic E-state index is -0.255. The Bertz CT molecular complexity index is 690. The van der Waals surface area contributed by atoms with Gasteiger partial charge in [0.05, 0.1) is 18.4 Å². The number of nitrogens with zero attached hydrogens (tertiary/aromatic N) is 3. The normalized spacial score (nSPS) is 12.2. The Morgan fingerprint density at radius 1 is 1.36 bits per heavy atom. The minimum absolute atomic E-state index is 0.00110. The summed E-state index contributed by atoms with van der Waals surface area (Å²) in [5.41, 5.74) is 0.919. The Kier molecular flexibility index (Phi) is 7.74. The van der Waals surface area contributed by atoms with Gasteiger partial charge in [-0.05, 0) is 37.6 Å². The van der Waals surface area contributed by atoms with E-state index in [0.29, 0.717) is 29.9 Å². The van der Waals surface area contributed by atoms with Crippen molar-refractivity contribution in [3.8, 4) is 11.4 Å². The number of thioether (sulfide) groups is 1. The third-order valence-electron chi connectivity index (χ3n) is 3.54. The maximum atomic E-state index is 12.1. The van der Waals surface area contributed by atoms with E-state index in [0.717, 1.165) is 17.8 Å². The second kappa shape index (κ2) is 9.79. The van der Waals surface area contributed by atoms with Gasteiger partial charge in [0.1, 0.15) is 0 Å². The first-order chi connectivity index (χ1) is 12.1. The molecule has 0 unspecified atom stereocenters. The predicted octanol–water partition coefficient (Wildman–Crippen LogP) is 3.25. The Hall–Kier alpha value is -1.57. The molecule has 0 saturated heterocycles. The van der Waals surface area contributed by atoms with Crippen molar-refractivity contribution < 1.29 is 9.53 Å². The lowest BCUT2D eigenvalue weighted by Crippen LogP contribution is -2.31. The number of hydrogen-bond acceptors (Lipinski definition) is 5. The summed E-state index contributed by atoms with van der Waals surface area (Å²) in [6.45, 7) is 5.71. The van der Waals surface area contributed by atoms with Crippen LogP contribution >= 0.6 is 23.4 Å². The number of rotatable bonds is 9. The van der Waals surface area contributed by atoms with Gasteiger partial charge in [-0.15, -0.1) is 10.2 Å². The topological polar surface area (TPSA) is 69.0 Å². The third kappa shape index (κ3) is 5.45. The Labute approximate surface area is 157 Å². The number of hydrogen-bond donors (Lipinski definition) is 1. The van der Waals surface area contributed by atoms with Crippen molar-refractivity contribution in [1.82, 2.24) is 20.1 Å². The molecule has 2 aromatic rings. The molecule has 0 fully saturated rings. The average molecular weight is 383 g/mol. The molecule has 0 aliphatic carbocycles. The van der Waals surface area contributed by atoms with Crippen molar-refractivity contribution in [2.45, 2.75) is 37.2 Å². The van der Waals surface area contributed by atoms with E-state index in [1.807, 2.05) is 42.7 Å². The Morgan fingerprint density at radius 3 is 2.72 bits per heavy atom. The van der Waals surface area contributed by atoms with Gasteiger partial charge in [0, 0.05) is 24.2 Å². The maximum Gasteiger partial charge on any atom is 0.233 e. The van der Waals surface area contributed by atoms with Crippen molar-refractivity contribution in [3.05, 3.63) is 29.3 Å². The summed E-state index contributed by atoms with van der Waals surface area (Å²) in [4.78, 5) is 12.1. The lowest BCUT2D eigenvalue weighted by molar-refractivity contribution is -0.120. The number of aromatic nitrogens is 3. The van der Waals surface area contributed by atoms with E-state index in [1.165, 1.54) is 11.8 Å². The lowest BCUT2D eigenvalue weighted by Gasteiger charge is -2.13. The molecule has 25 heavy (non-hydrogen) atoms. The number of carbonyl (C=O) groups is 1. The van der Waals surface area contributed by atoms with Crippen LogP contribution in [-0.2, 0) is 16.1 Å². The molecule has 0 aliphatic rings. The van der Waals surface area contributed by atoms with E-state index in [2.05, 4.69) is 15.5 Å². The van der Waals surface area contributed by atoms with Crippen LogP contribution in [0.2, 0.25) is 5.02 Å². The number of ether oxygens (including phenoxy) is 1. The molecule has 0 bridgehead atoms. The van der Waals surface area contributed by atoms with Crippen LogP contribution in [0.25, 0.3) is 11.4 Å². The Morgan fingerprint density at radius 2 is 2.08 bits per heavy atom. The van der Waals surface area contributed by atoms with E-state index in [4.69, 9.17) is 16.3 Å². The molecule has 1 atom stereocenters. The molecule has 1 heterocycles. The van der Waals surface area contributed by atoms with Crippen molar-refractivity contribution >= 4 is 29.3 Å². The van der Waals surface area contributed by atoms with Gasteiger partial charge in [0.2, 0.25) is 5.91 Å². The van der Waals surface area contributed by atoms with Crippen molar-refractivity contribution in [2.75, 3.05) is 20.3 Å². The predicted molar refractivity (Wildman–Crippen MR) is 101 cm³/mol. The number of halogens is 1. The highest BCUT2D eigenvalue weighted by Crippen LogP contribution is 2.27. The van der Waals surface area contributed by atoms with Gasteiger partial charge in [-0.3, -0.25) is 9.36 Å². The van der Waals surface area contributed by atoms with Crippen molar-refractivity contribution in [2.24, 2.45) is 0 Å². The molecule has 6 nitrogen and oxygen atoms in total. The third-order valence-corrected chi connectivity index (χ3v) is 4.87. The molecule has 1 aromatic heterocycles. The highest BCUT2D eigenvalue weighted by Gasteiger charge is 2.20. The van der Waals surface area contributed by atoms with Crippen LogP contribution < -0.4 is 5.32 Å². The van der Waals surface area contributed by atoms with Gasteiger partial charge in [0.15, 0.2) is 11.0 Å². The second-order valence-corrected chi connectivity index (χ2v) is 7.25. The van der Waals surface area contributed by atoms with Gasteiger partial charge < -0.3 is 10.1 Å².